The van der Waals surface area contributed by atoms with Crippen molar-refractivity contribution >= 4 is 28.5 Å². The van der Waals surface area contributed by atoms with Gasteiger partial charge in [0.25, 0.3) is 11.8 Å². The number of unbranched alkanes of at least 4 members (excludes halogenated alkanes) is 1. The van der Waals surface area contributed by atoms with Crippen LogP contribution in [-0.4, -0.2) is 71.7 Å². The van der Waals surface area contributed by atoms with E-state index in [0.717, 1.165) is 43.1 Å². The third-order valence-corrected chi connectivity index (χ3v) is 7.17. The molecule has 3 aromatic carbocycles. The maximum Gasteiger partial charge on any atom is 0.261 e. The highest BCUT2D eigenvalue weighted by molar-refractivity contribution is 6.25. The quantitative estimate of drug-likeness (QED) is 0.370. The monoisotopic (exact) mass is 469 g/mol. The van der Waals surface area contributed by atoms with E-state index in [1.165, 1.54) is 10.5 Å². The summed E-state index contributed by atoms with van der Waals surface area (Å²) in [5, 5.41) is 1.68. The van der Waals surface area contributed by atoms with E-state index in [0.29, 0.717) is 43.7 Å². The highest BCUT2D eigenvalue weighted by Gasteiger charge is 2.33. The number of hydrogen-bond acceptors (Lipinski definition) is 4. The van der Waals surface area contributed by atoms with Crippen molar-refractivity contribution in [1.29, 1.82) is 0 Å². The average molecular weight is 470 g/mol. The van der Waals surface area contributed by atoms with E-state index < -0.39 is 0 Å². The van der Waals surface area contributed by atoms with E-state index >= 15 is 0 Å². The zero-order valence-electron chi connectivity index (χ0n) is 20.0. The Morgan fingerprint density at radius 2 is 1.37 bits per heavy atom. The summed E-state index contributed by atoms with van der Waals surface area (Å²) >= 11 is 0. The van der Waals surface area contributed by atoms with Crippen LogP contribution in [0.15, 0.2) is 66.7 Å². The summed E-state index contributed by atoms with van der Waals surface area (Å²) in [6.07, 6.45) is 3.52. The molecule has 180 valence electrons. The number of nitrogens with zero attached hydrogens (tertiary/aromatic N) is 3. The van der Waals surface area contributed by atoms with Crippen molar-refractivity contribution in [2.24, 2.45) is 0 Å². The fourth-order valence-corrected chi connectivity index (χ4v) is 5.15. The molecular weight excluding hydrogens is 438 g/mol. The maximum absolute atomic E-state index is 13.1. The summed E-state index contributed by atoms with van der Waals surface area (Å²) < 4.78 is 0. The highest BCUT2D eigenvalue weighted by Crippen LogP contribution is 2.29. The van der Waals surface area contributed by atoms with Crippen molar-refractivity contribution in [3.05, 3.63) is 83.4 Å². The highest BCUT2D eigenvalue weighted by atomic mass is 16.2. The molecule has 0 radical (unpaired) electrons. The Balaban J connectivity index is 1.08. The van der Waals surface area contributed by atoms with Gasteiger partial charge < -0.3 is 4.90 Å². The number of carbonyl (C=O) groups excluding carboxylic acids is 3. The van der Waals surface area contributed by atoms with Gasteiger partial charge in [0.2, 0.25) is 5.91 Å². The molecule has 0 atom stereocenters. The third kappa shape index (κ3) is 4.98. The van der Waals surface area contributed by atoms with Crippen molar-refractivity contribution < 1.29 is 14.4 Å². The normalized spacial score (nSPS) is 16.2. The summed E-state index contributed by atoms with van der Waals surface area (Å²) in [7, 11) is 0. The molecule has 0 N–H and O–H groups in total. The van der Waals surface area contributed by atoms with Crippen molar-refractivity contribution in [1.82, 2.24) is 14.7 Å². The first kappa shape index (κ1) is 23.2. The number of carbonyl (C=O) groups is 3. The van der Waals surface area contributed by atoms with Gasteiger partial charge in [0.1, 0.15) is 0 Å². The minimum atomic E-state index is -0.219. The molecule has 1 saturated heterocycles. The molecule has 0 spiro atoms. The van der Waals surface area contributed by atoms with E-state index in [1.807, 2.05) is 35.2 Å². The lowest BCUT2D eigenvalue weighted by molar-refractivity contribution is -0.133. The van der Waals surface area contributed by atoms with Crippen molar-refractivity contribution in [3.63, 3.8) is 0 Å². The molecule has 2 aliphatic heterocycles. The Labute approximate surface area is 206 Å². The molecule has 1 fully saturated rings. The van der Waals surface area contributed by atoms with Gasteiger partial charge in [0, 0.05) is 62.2 Å². The summed E-state index contributed by atoms with van der Waals surface area (Å²) in [5.41, 5.74) is 2.51. The summed E-state index contributed by atoms with van der Waals surface area (Å²) in [6.45, 7) is 3.89. The molecule has 0 saturated carbocycles. The molecule has 2 heterocycles. The molecule has 2 aliphatic rings. The molecule has 0 aromatic heterocycles. The van der Waals surface area contributed by atoms with Gasteiger partial charge in [-0.3, -0.25) is 24.2 Å². The number of amides is 3. The second-order valence-corrected chi connectivity index (χ2v) is 9.39. The minimum Gasteiger partial charge on any atom is -0.340 e. The van der Waals surface area contributed by atoms with E-state index in [2.05, 4.69) is 29.2 Å². The van der Waals surface area contributed by atoms with E-state index in [1.54, 1.807) is 12.1 Å². The Morgan fingerprint density at radius 1 is 0.714 bits per heavy atom. The first-order chi connectivity index (χ1) is 17.1. The van der Waals surface area contributed by atoms with Crippen LogP contribution in [-0.2, 0) is 11.2 Å². The topological polar surface area (TPSA) is 60.9 Å². The van der Waals surface area contributed by atoms with E-state index in [9.17, 15) is 14.4 Å². The van der Waals surface area contributed by atoms with Gasteiger partial charge in [0.15, 0.2) is 0 Å². The van der Waals surface area contributed by atoms with Crippen LogP contribution in [0.1, 0.15) is 45.5 Å². The minimum absolute atomic E-state index is 0.219. The Kier molecular flexibility index (Phi) is 6.91. The fourth-order valence-electron chi connectivity index (χ4n) is 5.15. The molecule has 6 heteroatoms. The van der Waals surface area contributed by atoms with Crippen LogP contribution >= 0.6 is 0 Å². The first-order valence-corrected chi connectivity index (χ1v) is 12.5. The van der Waals surface area contributed by atoms with Gasteiger partial charge >= 0.3 is 0 Å². The molecule has 0 unspecified atom stereocenters. The van der Waals surface area contributed by atoms with Gasteiger partial charge in [-0.2, -0.15) is 0 Å². The third-order valence-electron chi connectivity index (χ3n) is 7.17. The first-order valence-electron chi connectivity index (χ1n) is 12.5. The van der Waals surface area contributed by atoms with Crippen LogP contribution in [0.3, 0.4) is 0 Å². The van der Waals surface area contributed by atoms with Gasteiger partial charge in [-0.05, 0) is 42.3 Å². The van der Waals surface area contributed by atoms with Gasteiger partial charge in [-0.15, -0.1) is 0 Å². The predicted molar refractivity (Wildman–Crippen MR) is 136 cm³/mol. The molecule has 0 bridgehead atoms. The molecule has 3 aromatic rings. The lowest BCUT2D eigenvalue weighted by atomic mass is 9.94. The van der Waals surface area contributed by atoms with E-state index in [-0.39, 0.29) is 17.7 Å². The second kappa shape index (κ2) is 10.4. The lowest BCUT2D eigenvalue weighted by Gasteiger charge is -2.36. The average Bonchev–Trinajstić information content (AvgIpc) is 2.90. The summed E-state index contributed by atoms with van der Waals surface area (Å²) in [4.78, 5) is 44.3. The van der Waals surface area contributed by atoms with Crippen LogP contribution < -0.4 is 0 Å². The molecule has 5 rings (SSSR count). The summed E-state index contributed by atoms with van der Waals surface area (Å²) in [5.74, 6) is -0.212. The lowest BCUT2D eigenvalue weighted by Crippen LogP contribution is -2.51. The predicted octanol–water partition coefficient (Wildman–Crippen LogP) is 3.99. The standard InChI is InChI=1S/C29H31N3O3/c33-26(15-5-4-10-22-8-2-1-3-9-22)31-19-16-30(17-20-31)18-21-32-28(34)24-13-6-11-23-12-7-14-25(27(23)24)29(32)35/h1-3,6-9,11-14H,4-5,10,15-21H2. The van der Waals surface area contributed by atoms with Crippen molar-refractivity contribution in [2.75, 3.05) is 39.3 Å². The fraction of sp³-hybridized carbons (Fsp3) is 0.345. The number of imide groups is 1. The SMILES string of the molecule is O=C(CCCCc1ccccc1)N1CCN(CCN2C(=O)c3cccc4cccc(c34)C2=O)CC1. The maximum atomic E-state index is 13.1. The number of rotatable bonds is 8. The Bertz CT molecular complexity index is 1180. The van der Waals surface area contributed by atoms with Crippen molar-refractivity contribution in [2.45, 2.75) is 25.7 Å². The Hall–Kier alpha value is -3.51. The van der Waals surface area contributed by atoms with Crippen molar-refractivity contribution in [3.8, 4) is 0 Å². The van der Waals surface area contributed by atoms with Crippen LogP contribution in [0, 0.1) is 0 Å². The summed E-state index contributed by atoms with van der Waals surface area (Å²) in [6, 6.07) is 21.6. The molecule has 35 heavy (non-hydrogen) atoms. The number of piperazine rings is 1. The zero-order chi connectivity index (χ0) is 24.2. The molecule has 0 aliphatic carbocycles. The number of benzene rings is 3. The van der Waals surface area contributed by atoms with Crippen LogP contribution in [0.5, 0.6) is 0 Å². The largest absolute Gasteiger partial charge is 0.340 e. The van der Waals surface area contributed by atoms with E-state index in [4.69, 9.17) is 0 Å². The van der Waals surface area contributed by atoms with Crippen LogP contribution in [0.25, 0.3) is 10.8 Å². The van der Waals surface area contributed by atoms with Crippen LogP contribution in [0.2, 0.25) is 0 Å². The Morgan fingerprint density at radius 3 is 2.03 bits per heavy atom. The molecular formula is C29H31N3O3. The second-order valence-electron chi connectivity index (χ2n) is 9.39. The van der Waals surface area contributed by atoms with Gasteiger partial charge in [-0.25, -0.2) is 0 Å². The van der Waals surface area contributed by atoms with Gasteiger partial charge in [0.05, 0.1) is 0 Å². The smallest absolute Gasteiger partial charge is 0.261 e. The zero-order valence-corrected chi connectivity index (χ0v) is 20.0. The van der Waals surface area contributed by atoms with Gasteiger partial charge in [-0.1, -0.05) is 54.6 Å². The molecule has 6 nitrogen and oxygen atoms in total. The number of hydrogen-bond donors (Lipinski definition) is 0. The number of aryl methyl sites for hydroxylation is 1. The molecule has 3 amide bonds. The van der Waals surface area contributed by atoms with Crippen LogP contribution in [0.4, 0.5) is 0 Å².